The zero-order valence-electron chi connectivity index (χ0n) is 10.3. The third-order valence-electron chi connectivity index (χ3n) is 2.83. The molecule has 0 saturated carbocycles. The third kappa shape index (κ3) is 3.08. The second-order valence-electron chi connectivity index (χ2n) is 4.28. The van der Waals surface area contributed by atoms with Crippen molar-refractivity contribution in [1.29, 1.82) is 0 Å². The first-order valence-electron chi connectivity index (χ1n) is 6.07. The smallest absolute Gasteiger partial charge is 0.128 e. The van der Waals surface area contributed by atoms with E-state index in [1.807, 2.05) is 12.1 Å². The summed E-state index contributed by atoms with van der Waals surface area (Å²) in [5, 5.41) is 0.465. The fourth-order valence-electron chi connectivity index (χ4n) is 1.87. The van der Waals surface area contributed by atoms with E-state index >= 15 is 0 Å². The predicted molar refractivity (Wildman–Crippen MR) is 72.4 cm³/mol. The number of aryl methyl sites for hydroxylation is 1. The minimum absolute atomic E-state index is 0.264. The average Bonchev–Trinajstić information content (AvgIpc) is 2.36. The first kappa shape index (κ1) is 13.0. The molecule has 18 heavy (non-hydrogen) atoms. The molecule has 1 heterocycles. The standard InChI is InChI=1S/C15H15ClFN/c1-2-4-12-8-7-11(10-18-12)9-13-14(16)5-3-6-15(13)17/h3,5-8,10H,2,4,9H2,1H3. The molecule has 0 spiro atoms. The molecular weight excluding hydrogens is 249 g/mol. The van der Waals surface area contributed by atoms with Gasteiger partial charge in [-0.05, 0) is 30.2 Å². The van der Waals surface area contributed by atoms with Gasteiger partial charge in [0.1, 0.15) is 5.82 Å². The van der Waals surface area contributed by atoms with Crippen molar-refractivity contribution < 1.29 is 4.39 Å². The molecule has 3 heteroatoms. The number of nitrogens with zero attached hydrogens (tertiary/aromatic N) is 1. The Morgan fingerprint density at radius 2 is 2.06 bits per heavy atom. The molecule has 94 valence electrons. The van der Waals surface area contributed by atoms with Gasteiger partial charge >= 0.3 is 0 Å². The van der Waals surface area contributed by atoms with Crippen LogP contribution in [0.15, 0.2) is 36.5 Å². The number of halogens is 2. The van der Waals surface area contributed by atoms with Crippen LogP contribution < -0.4 is 0 Å². The maximum Gasteiger partial charge on any atom is 0.128 e. The van der Waals surface area contributed by atoms with E-state index in [-0.39, 0.29) is 5.82 Å². The van der Waals surface area contributed by atoms with E-state index in [4.69, 9.17) is 11.6 Å². The first-order valence-corrected chi connectivity index (χ1v) is 6.45. The second-order valence-corrected chi connectivity index (χ2v) is 4.69. The normalized spacial score (nSPS) is 10.6. The molecule has 1 nitrogen and oxygen atoms in total. The summed E-state index contributed by atoms with van der Waals surface area (Å²) in [4.78, 5) is 4.36. The minimum Gasteiger partial charge on any atom is -0.261 e. The van der Waals surface area contributed by atoms with Crippen molar-refractivity contribution >= 4 is 11.6 Å². The molecule has 1 aromatic heterocycles. The number of hydrogen-bond donors (Lipinski definition) is 0. The highest BCUT2D eigenvalue weighted by Gasteiger charge is 2.07. The Kier molecular flexibility index (Phi) is 4.32. The van der Waals surface area contributed by atoms with E-state index in [9.17, 15) is 4.39 Å². The van der Waals surface area contributed by atoms with Crippen molar-refractivity contribution in [3.8, 4) is 0 Å². The summed E-state index contributed by atoms with van der Waals surface area (Å²) in [6.45, 7) is 2.12. The molecular formula is C15H15ClFN. The van der Waals surface area contributed by atoms with E-state index < -0.39 is 0 Å². The molecule has 0 aliphatic rings. The molecule has 2 rings (SSSR count). The fourth-order valence-corrected chi connectivity index (χ4v) is 2.10. The molecule has 1 aromatic carbocycles. The van der Waals surface area contributed by atoms with Crippen molar-refractivity contribution in [3.05, 3.63) is 64.2 Å². The monoisotopic (exact) mass is 263 g/mol. The molecule has 0 bridgehead atoms. The van der Waals surface area contributed by atoms with E-state index in [1.54, 1.807) is 18.3 Å². The quantitative estimate of drug-likeness (QED) is 0.796. The number of hydrogen-bond acceptors (Lipinski definition) is 1. The molecule has 0 atom stereocenters. The number of rotatable bonds is 4. The Balaban J connectivity index is 2.18. The molecule has 2 aromatic rings. The van der Waals surface area contributed by atoms with Crippen LogP contribution in [0.1, 0.15) is 30.2 Å². The Labute approximate surface area is 112 Å². The Hall–Kier alpha value is -1.41. The highest BCUT2D eigenvalue weighted by atomic mass is 35.5. The maximum absolute atomic E-state index is 13.6. The van der Waals surface area contributed by atoms with E-state index in [1.165, 1.54) is 6.07 Å². The zero-order chi connectivity index (χ0) is 13.0. The Morgan fingerprint density at radius 1 is 1.22 bits per heavy atom. The minimum atomic E-state index is -0.264. The summed E-state index contributed by atoms with van der Waals surface area (Å²) < 4.78 is 13.6. The van der Waals surface area contributed by atoms with Gasteiger partial charge in [-0.15, -0.1) is 0 Å². The maximum atomic E-state index is 13.6. The van der Waals surface area contributed by atoms with E-state index in [0.29, 0.717) is 17.0 Å². The number of aromatic nitrogens is 1. The summed E-state index contributed by atoms with van der Waals surface area (Å²) in [6, 6.07) is 8.73. The van der Waals surface area contributed by atoms with E-state index in [0.717, 1.165) is 24.1 Å². The van der Waals surface area contributed by atoms with Crippen LogP contribution in [0.5, 0.6) is 0 Å². The summed E-state index contributed by atoms with van der Waals surface area (Å²) in [5.41, 5.74) is 2.58. The van der Waals surface area contributed by atoms with Gasteiger partial charge in [0, 0.05) is 28.9 Å². The van der Waals surface area contributed by atoms with Gasteiger partial charge in [-0.25, -0.2) is 4.39 Å². The molecule has 0 saturated heterocycles. The first-order chi connectivity index (χ1) is 8.70. The van der Waals surface area contributed by atoms with Gasteiger partial charge in [0.25, 0.3) is 0 Å². The van der Waals surface area contributed by atoms with Crippen molar-refractivity contribution in [3.63, 3.8) is 0 Å². The Bertz CT molecular complexity index is 502. The van der Waals surface area contributed by atoms with Gasteiger partial charge in [0.05, 0.1) is 0 Å². The molecule has 0 aliphatic heterocycles. The van der Waals surface area contributed by atoms with Gasteiger partial charge in [0.2, 0.25) is 0 Å². The van der Waals surface area contributed by atoms with Gasteiger partial charge in [-0.1, -0.05) is 37.1 Å². The predicted octanol–water partition coefficient (Wildman–Crippen LogP) is 4.42. The van der Waals surface area contributed by atoms with Crippen LogP contribution in [0.3, 0.4) is 0 Å². The SMILES string of the molecule is CCCc1ccc(Cc2c(F)cccc2Cl)cn1. The third-order valence-corrected chi connectivity index (χ3v) is 3.19. The number of benzene rings is 1. The van der Waals surface area contributed by atoms with Crippen LogP contribution in [0.25, 0.3) is 0 Å². The van der Waals surface area contributed by atoms with Crippen LogP contribution in [0.2, 0.25) is 5.02 Å². The number of pyridine rings is 1. The van der Waals surface area contributed by atoms with Gasteiger partial charge < -0.3 is 0 Å². The lowest BCUT2D eigenvalue weighted by Gasteiger charge is -2.06. The largest absolute Gasteiger partial charge is 0.261 e. The molecule has 0 fully saturated rings. The highest BCUT2D eigenvalue weighted by Crippen LogP contribution is 2.22. The summed E-state index contributed by atoms with van der Waals surface area (Å²) >= 11 is 6.00. The average molecular weight is 264 g/mol. The van der Waals surface area contributed by atoms with Crippen molar-refractivity contribution in [1.82, 2.24) is 4.98 Å². The van der Waals surface area contributed by atoms with Crippen molar-refractivity contribution in [2.24, 2.45) is 0 Å². The van der Waals surface area contributed by atoms with E-state index in [2.05, 4.69) is 11.9 Å². The highest BCUT2D eigenvalue weighted by molar-refractivity contribution is 6.31. The summed E-state index contributed by atoms with van der Waals surface area (Å²) in [5.74, 6) is -0.264. The second kappa shape index (κ2) is 5.96. The van der Waals surface area contributed by atoms with Gasteiger partial charge in [-0.3, -0.25) is 4.98 Å². The van der Waals surface area contributed by atoms with Crippen LogP contribution >= 0.6 is 11.6 Å². The van der Waals surface area contributed by atoms with Gasteiger partial charge in [0.15, 0.2) is 0 Å². The van der Waals surface area contributed by atoms with Gasteiger partial charge in [-0.2, -0.15) is 0 Å². The molecule has 0 N–H and O–H groups in total. The van der Waals surface area contributed by atoms with Crippen molar-refractivity contribution in [2.75, 3.05) is 0 Å². The fraction of sp³-hybridized carbons (Fsp3) is 0.267. The summed E-state index contributed by atoms with van der Waals surface area (Å²) in [6.07, 6.45) is 4.32. The lowest BCUT2D eigenvalue weighted by atomic mass is 10.1. The molecule has 0 unspecified atom stereocenters. The topological polar surface area (TPSA) is 12.9 Å². The zero-order valence-corrected chi connectivity index (χ0v) is 11.0. The summed E-state index contributed by atoms with van der Waals surface area (Å²) in [7, 11) is 0. The van der Waals surface area contributed by atoms with Crippen molar-refractivity contribution in [2.45, 2.75) is 26.2 Å². The van der Waals surface area contributed by atoms with Crippen LogP contribution in [0, 0.1) is 5.82 Å². The Morgan fingerprint density at radius 3 is 2.67 bits per heavy atom. The molecule has 0 aliphatic carbocycles. The molecule has 0 radical (unpaired) electrons. The lowest BCUT2D eigenvalue weighted by Crippen LogP contribution is -1.96. The van der Waals surface area contributed by atoms with Crippen LogP contribution in [-0.4, -0.2) is 4.98 Å². The molecule has 0 amide bonds. The van der Waals surface area contributed by atoms with Crippen LogP contribution in [0.4, 0.5) is 4.39 Å². The van der Waals surface area contributed by atoms with Crippen LogP contribution in [-0.2, 0) is 12.8 Å². The lowest BCUT2D eigenvalue weighted by molar-refractivity contribution is 0.614.